The van der Waals surface area contributed by atoms with E-state index in [2.05, 4.69) is 20.1 Å². The Morgan fingerprint density at radius 1 is 1.06 bits per heavy atom. The Morgan fingerprint density at radius 2 is 1.74 bits per heavy atom. The minimum atomic E-state index is -4.53. The Hall–Kier alpha value is -3.67. The summed E-state index contributed by atoms with van der Waals surface area (Å²) in [5.41, 5.74) is -5.83. The summed E-state index contributed by atoms with van der Waals surface area (Å²) in [4.78, 5) is 80.2. The molecule has 2 fully saturated rings. The van der Waals surface area contributed by atoms with E-state index < -0.39 is 103 Å². The molecule has 2 aliphatic heterocycles. The number of amides is 1. The highest BCUT2D eigenvalue weighted by atomic mass is 32.1. The molecule has 0 radical (unpaired) electrons. The first-order valence-corrected chi connectivity index (χ1v) is 25.3. The van der Waals surface area contributed by atoms with Gasteiger partial charge in [0.15, 0.2) is 18.7 Å². The summed E-state index contributed by atoms with van der Waals surface area (Å²) < 4.78 is 52.7. The Balaban J connectivity index is 1.69. The fourth-order valence-corrected chi connectivity index (χ4v) is 10.1. The van der Waals surface area contributed by atoms with Crippen molar-refractivity contribution in [2.75, 3.05) is 25.8 Å². The van der Waals surface area contributed by atoms with Gasteiger partial charge in [-0.05, 0) is 85.5 Å². The number of carbonyl (C=O) groups is 3. The number of hydrogen-bond acceptors (Lipinski definition) is 17. The van der Waals surface area contributed by atoms with Gasteiger partial charge >= 0.3 is 13.7 Å². The van der Waals surface area contributed by atoms with E-state index in [1.807, 2.05) is 5.09 Å². The van der Waals surface area contributed by atoms with Crippen LogP contribution < -0.4 is 5.09 Å². The fraction of sp³-hybridized carbons (Fsp3) is 0.711. The zero-order valence-corrected chi connectivity index (χ0v) is 42.6. The molecule has 1 amide bonds. The van der Waals surface area contributed by atoms with Crippen molar-refractivity contribution in [2.24, 2.45) is 27.9 Å². The molecular formula is C45H70FN6O14PS. The number of nitrogens with zero attached hydrogens (tertiary/aromatic N) is 5. The SMILES string of the molecule is CCC(=O)/N=C1\[C@H](C)C[C@@](C)(O)[C@H](O[C@@H]2O[C@H](C)C[C@H](N(C)C)[C@H]2O)[C@@H](C)C(=O)[C@](C)(F)C(=O)O[C@H](CC)[C@@](C)(O)[C@H](OC/C(CC)=N\OCc2ccc(-c3nc(NP(=O)(O)O)cs3)cn2)[C@H]1C. The number of ketones is 1. The number of alkyl halides is 1. The van der Waals surface area contributed by atoms with Crippen LogP contribution in [0, 0.1) is 17.8 Å². The van der Waals surface area contributed by atoms with Crippen molar-refractivity contribution in [3.8, 4) is 10.6 Å². The second-order valence-electron chi connectivity index (χ2n) is 18.6. The predicted molar refractivity (Wildman–Crippen MR) is 251 cm³/mol. The monoisotopic (exact) mass is 1000 g/mol. The van der Waals surface area contributed by atoms with Crippen LogP contribution in [0.25, 0.3) is 10.6 Å². The van der Waals surface area contributed by atoms with Gasteiger partial charge in [-0.15, -0.1) is 11.3 Å². The molecule has 0 aromatic carbocycles. The normalized spacial score (nSPS) is 34.4. The highest BCUT2D eigenvalue weighted by molar-refractivity contribution is 7.53. The van der Waals surface area contributed by atoms with Crippen molar-refractivity contribution in [1.82, 2.24) is 14.9 Å². The number of carbonyl (C=O) groups excluding carboxylic acids is 3. The number of aliphatic hydroxyl groups excluding tert-OH is 1. The number of thiazole rings is 1. The van der Waals surface area contributed by atoms with Gasteiger partial charge in [0.05, 0.1) is 41.9 Å². The van der Waals surface area contributed by atoms with Crippen LogP contribution in [0.2, 0.25) is 0 Å². The molecule has 2 saturated heterocycles. The number of nitrogens with one attached hydrogen (secondary N) is 1. The molecule has 6 N–H and O–H groups in total. The highest BCUT2D eigenvalue weighted by Crippen LogP contribution is 2.40. The van der Waals surface area contributed by atoms with Gasteiger partial charge in [0.1, 0.15) is 28.6 Å². The smallest absolute Gasteiger partial charge is 0.428 e. The maximum absolute atomic E-state index is 16.9. The highest BCUT2D eigenvalue weighted by Gasteiger charge is 2.56. The van der Waals surface area contributed by atoms with Gasteiger partial charge in [0.25, 0.3) is 5.67 Å². The van der Waals surface area contributed by atoms with Crippen molar-refractivity contribution in [2.45, 2.75) is 168 Å². The molecule has 4 heterocycles. The number of aliphatic imine (C=N–C) groups is 1. The minimum absolute atomic E-state index is 0.00915. The molecule has 382 valence electrons. The van der Waals surface area contributed by atoms with Crippen LogP contribution in [-0.2, 0) is 49.3 Å². The number of halogens is 1. The molecule has 4 rings (SSSR count). The topological polar surface area (TPSA) is 281 Å². The van der Waals surface area contributed by atoms with Gasteiger partial charge in [-0.25, -0.2) is 23.7 Å². The maximum Gasteiger partial charge on any atom is 0.428 e. The van der Waals surface area contributed by atoms with E-state index in [-0.39, 0.29) is 44.0 Å². The van der Waals surface area contributed by atoms with Crippen molar-refractivity contribution < 1.29 is 72.2 Å². The number of likely N-dealkylation sites (N-methyl/N-ethyl adjacent to an activating group) is 1. The third-order valence-electron chi connectivity index (χ3n) is 12.5. The third-order valence-corrected chi connectivity index (χ3v) is 13.9. The van der Waals surface area contributed by atoms with Crippen LogP contribution in [0.3, 0.4) is 0 Å². The first kappa shape index (κ1) is 56.9. The first-order chi connectivity index (χ1) is 31.6. The van der Waals surface area contributed by atoms with Gasteiger partial charge < -0.3 is 53.8 Å². The second kappa shape index (κ2) is 23.5. The largest absolute Gasteiger partial charge is 0.457 e. The second-order valence-corrected chi connectivity index (χ2v) is 20.8. The van der Waals surface area contributed by atoms with Crippen molar-refractivity contribution in [3.05, 3.63) is 29.4 Å². The quantitative estimate of drug-likeness (QED) is 0.0450. The number of Topliss-reactive ketones (excluding diaryl/α,β-unsaturated/α-hetero) is 1. The first-order valence-electron chi connectivity index (χ1n) is 22.8. The van der Waals surface area contributed by atoms with Crippen LogP contribution in [0.5, 0.6) is 0 Å². The van der Waals surface area contributed by atoms with Crippen LogP contribution in [0.15, 0.2) is 33.9 Å². The number of pyridine rings is 1. The molecule has 2 aliphatic rings. The number of hydrogen-bond donors (Lipinski definition) is 6. The third kappa shape index (κ3) is 14.2. The van der Waals surface area contributed by atoms with E-state index in [1.165, 1.54) is 32.3 Å². The molecule has 23 heteroatoms. The standard InChI is InChI=1S/C45H70FN6O14PS/c1-13-29(50-63-22-30-17-16-28(20-47-30)40-48-33(23-68-40)51-67(59,60)61)21-62-39-26(6)35(49-34(53)15-3)24(4)19-43(8,57)38(66-41-36(54)31(52(11)12)18-25(5)64-41)27(7)37(55)44(9,46)42(56)65-32(14-2)45(39,10)58/h16-17,20,23-27,31-32,36,38-39,41,54,57-58H,13-15,18-19,21-22H2,1-12H3,(H3,51,59,60,61)/b49-35+,50-29-/t24-,25-,26+,27+,31+,32-,36-,38-,39-,41+,43-,44+,45-/m1/s1. The van der Waals surface area contributed by atoms with Crippen LogP contribution in [0.4, 0.5) is 10.2 Å². The van der Waals surface area contributed by atoms with E-state index in [0.29, 0.717) is 34.8 Å². The summed E-state index contributed by atoms with van der Waals surface area (Å²) in [6, 6.07) is 2.94. The lowest BCUT2D eigenvalue weighted by molar-refractivity contribution is -0.293. The summed E-state index contributed by atoms with van der Waals surface area (Å²) in [6.07, 6.45) is -5.49. The molecule has 68 heavy (non-hydrogen) atoms. The van der Waals surface area contributed by atoms with Gasteiger partial charge in [-0.3, -0.25) is 19.7 Å². The van der Waals surface area contributed by atoms with Gasteiger partial charge in [0.2, 0.25) is 5.91 Å². The lowest BCUT2D eigenvalue weighted by Gasteiger charge is -2.46. The van der Waals surface area contributed by atoms with E-state index in [9.17, 15) is 44.1 Å². The number of aromatic nitrogens is 2. The van der Waals surface area contributed by atoms with E-state index in [4.69, 9.17) is 23.8 Å². The predicted octanol–water partition coefficient (Wildman–Crippen LogP) is 5.00. The maximum atomic E-state index is 16.9. The summed E-state index contributed by atoms with van der Waals surface area (Å²) in [7, 11) is -0.975. The van der Waals surface area contributed by atoms with Gasteiger partial charge in [0, 0.05) is 47.2 Å². The zero-order chi connectivity index (χ0) is 51.1. The Labute approximate surface area is 401 Å². The Bertz CT molecular complexity index is 2150. The lowest BCUT2D eigenvalue weighted by atomic mass is 9.73. The molecule has 0 spiro atoms. The molecule has 0 saturated carbocycles. The summed E-state index contributed by atoms with van der Waals surface area (Å²) in [5, 5.41) is 44.6. The van der Waals surface area contributed by atoms with Crippen LogP contribution in [-0.4, -0.2) is 149 Å². The fourth-order valence-electron chi connectivity index (χ4n) is 8.82. The summed E-state index contributed by atoms with van der Waals surface area (Å²) in [6.45, 7) is 14.6. The van der Waals surface area contributed by atoms with Crippen molar-refractivity contribution >= 4 is 54.0 Å². The number of rotatable bonds is 15. The molecule has 2 aromatic rings. The molecule has 2 aromatic heterocycles. The van der Waals surface area contributed by atoms with Crippen LogP contribution >= 0.6 is 19.1 Å². The van der Waals surface area contributed by atoms with E-state index >= 15 is 4.39 Å². The van der Waals surface area contributed by atoms with E-state index in [0.717, 1.165) is 18.3 Å². The molecule has 0 unspecified atom stereocenters. The van der Waals surface area contributed by atoms with Gasteiger partial charge in [-0.2, -0.15) is 0 Å². The number of anilines is 1. The average Bonchev–Trinajstić information content (AvgIpc) is 3.72. The molecule has 13 atom stereocenters. The van der Waals surface area contributed by atoms with Crippen LogP contribution in [0.1, 0.15) is 107 Å². The molecule has 0 bridgehead atoms. The number of aliphatic hydroxyl groups is 3. The summed E-state index contributed by atoms with van der Waals surface area (Å²) in [5.74, 6) is -6.66. The van der Waals surface area contributed by atoms with E-state index in [1.54, 1.807) is 72.7 Å². The zero-order valence-electron chi connectivity index (χ0n) is 40.9. The summed E-state index contributed by atoms with van der Waals surface area (Å²) >= 11 is 1.16. The number of esters is 1. The minimum Gasteiger partial charge on any atom is -0.457 e. The molecular weight excluding hydrogens is 931 g/mol. The number of oxime groups is 1. The number of cyclic esters (lactones) is 1. The molecule has 0 aliphatic carbocycles. The van der Waals surface area contributed by atoms with Crippen molar-refractivity contribution in [1.29, 1.82) is 0 Å². The Kier molecular flexibility index (Phi) is 19.7. The molecule has 20 nitrogen and oxygen atoms in total. The van der Waals surface area contributed by atoms with Crippen molar-refractivity contribution in [3.63, 3.8) is 0 Å². The lowest BCUT2D eigenvalue weighted by Crippen LogP contribution is -2.61. The Morgan fingerprint density at radius 3 is 2.31 bits per heavy atom. The number of ether oxygens (including phenoxy) is 4. The average molecular weight is 1000 g/mol. The van der Waals surface area contributed by atoms with Gasteiger partial charge in [-0.1, -0.05) is 46.7 Å².